The number of carbonyl (C=O) groups is 1. The molecule has 0 aliphatic carbocycles. The van der Waals surface area contributed by atoms with E-state index in [0.717, 1.165) is 0 Å². The van der Waals surface area contributed by atoms with Crippen molar-refractivity contribution in [2.24, 2.45) is 0 Å². The first-order valence-electron chi connectivity index (χ1n) is 8.43. The Bertz CT molecular complexity index is 853. The van der Waals surface area contributed by atoms with Crippen molar-refractivity contribution < 1.29 is 24.2 Å². The lowest BCUT2D eigenvalue weighted by Gasteiger charge is -2.28. The molecule has 0 bridgehead atoms. The van der Waals surface area contributed by atoms with Gasteiger partial charge >= 0.3 is 0 Å². The van der Waals surface area contributed by atoms with Crippen LogP contribution in [0.15, 0.2) is 39.5 Å². The van der Waals surface area contributed by atoms with Crippen LogP contribution in [-0.4, -0.2) is 47.3 Å². The molecular weight excluding hydrogens is 338 g/mol. The Morgan fingerprint density at radius 2 is 1.96 bits per heavy atom. The van der Waals surface area contributed by atoms with Gasteiger partial charge in [-0.05, 0) is 24.6 Å². The van der Waals surface area contributed by atoms with Gasteiger partial charge in [0.05, 0.1) is 19.1 Å². The zero-order chi connectivity index (χ0) is 18.7. The molecule has 1 unspecified atom stereocenters. The monoisotopic (exact) mass is 359 g/mol. The van der Waals surface area contributed by atoms with Crippen LogP contribution in [-0.2, 0) is 9.53 Å². The average Bonchev–Trinajstić information content (AvgIpc) is 2.63. The summed E-state index contributed by atoms with van der Waals surface area (Å²) in [6.45, 7) is 3.55. The molecule has 1 aromatic heterocycles. The quantitative estimate of drug-likeness (QED) is 0.862. The molecule has 3 rings (SSSR count). The molecule has 26 heavy (non-hydrogen) atoms. The van der Waals surface area contributed by atoms with Gasteiger partial charge in [-0.2, -0.15) is 0 Å². The van der Waals surface area contributed by atoms with E-state index in [-0.39, 0.29) is 23.8 Å². The first kappa shape index (κ1) is 18.0. The lowest BCUT2D eigenvalue weighted by molar-refractivity contribution is -0.135. The molecule has 1 atom stereocenters. The van der Waals surface area contributed by atoms with Crippen molar-refractivity contribution in [1.82, 2.24) is 4.90 Å². The molecule has 1 aliphatic rings. The molecule has 1 aliphatic heterocycles. The molecule has 1 amide bonds. The second-order valence-electron chi connectivity index (χ2n) is 6.28. The maximum atomic E-state index is 12.7. The Balaban J connectivity index is 2.00. The van der Waals surface area contributed by atoms with Crippen molar-refractivity contribution in [3.05, 3.63) is 57.6 Å². The van der Waals surface area contributed by atoms with Gasteiger partial charge in [0.25, 0.3) is 0 Å². The van der Waals surface area contributed by atoms with Crippen LogP contribution in [0, 0.1) is 6.92 Å². The fourth-order valence-electron chi connectivity index (χ4n) is 3.08. The van der Waals surface area contributed by atoms with E-state index in [0.29, 0.717) is 37.6 Å². The number of amides is 1. The van der Waals surface area contributed by atoms with E-state index in [4.69, 9.17) is 9.15 Å². The molecule has 1 fully saturated rings. The van der Waals surface area contributed by atoms with Gasteiger partial charge in [0.15, 0.2) is 5.76 Å². The van der Waals surface area contributed by atoms with Crippen LogP contribution >= 0.6 is 0 Å². The Morgan fingerprint density at radius 1 is 1.23 bits per heavy atom. The van der Waals surface area contributed by atoms with Gasteiger partial charge in [-0.3, -0.25) is 9.59 Å². The largest absolute Gasteiger partial charge is 0.508 e. The Hall–Kier alpha value is -2.80. The third kappa shape index (κ3) is 3.88. The highest BCUT2D eigenvalue weighted by Gasteiger charge is 2.28. The van der Waals surface area contributed by atoms with Crippen molar-refractivity contribution in [3.8, 4) is 11.5 Å². The zero-order valence-electron chi connectivity index (χ0n) is 14.5. The normalized spacial score (nSPS) is 15.7. The van der Waals surface area contributed by atoms with E-state index in [9.17, 15) is 19.8 Å². The van der Waals surface area contributed by atoms with E-state index >= 15 is 0 Å². The SMILES string of the molecule is Cc1cc(=O)c(O)c(C(CC(=O)N2CCOCC2)c2cccc(O)c2)o1. The van der Waals surface area contributed by atoms with Gasteiger partial charge in [0.1, 0.15) is 11.5 Å². The van der Waals surface area contributed by atoms with Crippen molar-refractivity contribution in [3.63, 3.8) is 0 Å². The van der Waals surface area contributed by atoms with Gasteiger partial charge in [0.2, 0.25) is 17.1 Å². The summed E-state index contributed by atoms with van der Waals surface area (Å²) in [6, 6.07) is 7.57. The van der Waals surface area contributed by atoms with Crippen molar-refractivity contribution in [1.29, 1.82) is 0 Å². The van der Waals surface area contributed by atoms with Gasteiger partial charge < -0.3 is 24.3 Å². The van der Waals surface area contributed by atoms with Crippen LogP contribution in [0.2, 0.25) is 0 Å². The first-order chi connectivity index (χ1) is 12.5. The topological polar surface area (TPSA) is 100 Å². The van der Waals surface area contributed by atoms with E-state index in [1.165, 1.54) is 18.2 Å². The highest BCUT2D eigenvalue weighted by molar-refractivity contribution is 5.78. The third-order valence-electron chi connectivity index (χ3n) is 4.40. The number of phenolic OH excluding ortho intramolecular Hbond substituents is 1. The number of phenols is 1. The summed E-state index contributed by atoms with van der Waals surface area (Å²) >= 11 is 0. The number of ether oxygens (including phenoxy) is 1. The lowest BCUT2D eigenvalue weighted by Crippen LogP contribution is -2.41. The summed E-state index contributed by atoms with van der Waals surface area (Å²) in [4.78, 5) is 26.4. The molecule has 138 valence electrons. The first-order valence-corrected chi connectivity index (χ1v) is 8.43. The molecule has 0 spiro atoms. The highest BCUT2D eigenvalue weighted by Crippen LogP contribution is 2.34. The van der Waals surface area contributed by atoms with E-state index in [1.54, 1.807) is 24.0 Å². The number of carbonyl (C=O) groups excluding carboxylic acids is 1. The van der Waals surface area contributed by atoms with E-state index in [1.807, 2.05) is 0 Å². The summed E-state index contributed by atoms with van der Waals surface area (Å²) in [5.74, 6) is -0.941. The summed E-state index contributed by atoms with van der Waals surface area (Å²) in [5, 5.41) is 20.0. The van der Waals surface area contributed by atoms with Crippen molar-refractivity contribution in [2.45, 2.75) is 19.3 Å². The Kier molecular flexibility index (Phi) is 5.27. The van der Waals surface area contributed by atoms with Gasteiger partial charge in [-0.15, -0.1) is 0 Å². The fraction of sp³-hybridized carbons (Fsp3) is 0.368. The van der Waals surface area contributed by atoms with Crippen LogP contribution in [0.3, 0.4) is 0 Å². The third-order valence-corrected chi connectivity index (χ3v) is 4.40. The van der Waals surface area contributed by atoms with Crippen molar-refractivity contribution >= 4 is 5.91 Å². The summed E-state index contributed by atoms with van der Waals surface area (Å²) in [6.07, 6.45) is 0.00338. The van der Waals surface area contributed by atoms with Gasteiger partial charge in [0, 0.05) is 25.6 Å². The number of aromatic hydroxyl groups is 2. The van der Waals surface area contributed by atoms with E-state index in [2.05, 4.69) is 0 Å². The number of benzene rings is 1. The number of rotatable bonds is 4. The molecule has 2 aromatic rings. The predicted octanol–water partition coefficient (Wildman–Crippen LogP) is 1.74. The lowest BCUT2D eigenvalue weighted by atomic mass is 9.91. The fourth-order valence-corrected chi connectivity index (χ4v) is 3.08. The number of nitrogens with zero attached hydrogens (tertiary/aromatic N) is 1. The molecule has 0 saturated carbocycles. The summed E-state index contributed by atoms with van der Waals surface area (Å²) in [5.41, 5.74) is 0.0170. The van der Waals surface area contributed by atoms with Gasteiger partial charge in [-0.1, -0.05) is 12.1 Å². The highest BCUT2D eigenvalue weighted by atomic mass is 16.5. The molecule has 7 heteroatoms. The second kappa shape index (κ2) is 7.61. The number of morpholine rings is 1. The minimum absolute atomic E-state index is 0.00338. The molecule has 0 radical (unpaired) electrons. The van der Waals surface area contributed by atoms with E-state index < -0.39 is 17.1 Å². The molecule has 1 saturated heterocycles. The number of hydrogen-bond acceptors (Lipinski definition) is 6. The van der Waals surface area contributed by atoms with Crippen LogP contribution < -0.4 is 5.43 Å². The molecule has 2 N–H and O–H groups in total. The summed E-state index contributed by atoms with van der Waals surface area (Å²) in [7, 11) is 0. The smallest absolute Gasteiger partial charge is 0.227 e. The minimum atomic E-state index is -0.690. The van der Waals surface area contributed by atoms with Crippen LogP contribution in [0.5, 0.6) is 11.5 Å². The molecular formula is C19H21NO6. The summed E-state index contributed by atoms with van der Waals surface area (Å²) < 4.78 is 10.9. The van der Waals surface area contributed by atoms with Crippen molar-refractivity contribution in [2.75, 3.05) is 26.3 Å². The van der Waals surface area contributed by atoms with Crippen LogP contribution in [0.4, 0.5) is 0 Å². The molecule has 7 nitrogen and oxygen atoms in total. The molecule has 1 aromatic carbocycles. The van der Waals surface area contributed by atoms with Crippen LogP contribution in [0.25, 0.3) is 0 Å². The predicted molar refractivity (Wildman–Crippen MR) is 93.3 cm³/mol. The van der Waals surface area contributed by atoms with Crippen LogP contribution in [0.1, 0.15) is 29.4 Å². The molecule has 2 heterocycles. The second-order valence-corrected chi connectivity index (χ2v) is 6.28. The standard InChI is InChI=1S/C19H21NO6/c1-12-9-16(22)18(24)19(26-12)15(13-3-2-4-14(21)10-13)11-17(23)20-5-7-25-8-6-20/h2-4,9-10,15,21,24H,5-8,11H2,1H3. The Labute approximate surface area is 150 Å². The maximum absolute atomic E-state index is 12.7. The average molecular weight is 359 g/mol. The Morgan fingerprint density at radius 3 is 2.65 bits per heavy atom. The number of hydrogen-bond donors (Lipinski definition) is 2. The van der Waals surface area contributed by atoms with Gasteiger partial charge in [-0.25, -0.2) is 0 Å². The zero-order valence-corrected chi connectivity index (χ0v) is 14.5. The number of aryl methyl sites for hydroxylation is 1. The minimum Gasteiger partial charge on any atom is -0.508 e. The maximum Gasteiger partial charge on any atom is 0.227 e.